The maximum atomic E-state index is 11.8. The Labute approximate surface area is 117 Å². The third-order valence-corrected chi connectivity index (χ3v) is 3.90. The lowest BCUT2D eigenvalue weighted by molar-refractivity contribution is 0.0854. The van der Waals surface area contributed by atoms with Crippen molar-refractivity contribution in [1.29, 1.82) is 0 Å². The normalized spacial score (nSPS) is 10.2. The summed E-state index contributed by atoms with van der Waals surface area (Å²) in [6.45, 7) is 0. The van der Waals surface area contributed by atoms with Gasteiger partial charge in [-0.05, 0) is 22.4 Å². The van der Waals surface area contributed by atoms with Crippen molar-refractivity contribution in [3.63, 3.8) is 0 Å². The molecule has 0 spiro atoms. The molecule has 3 N–H and O–H groups in total. The molecule has 0 atom stereocenters. The predicted molar refractivity (Wildman–Crippen MR) is 74.1 cm³/mol. The Hall–Kier alpha value is -1.93. The highest BCUT2D eigenvalue weighted by Gasteiger charge is 2.14. The molecule has 0 saturated carbocycles. The van der Waals surface area contributed by atoms with Gasteiger partial charge in [-0.15, -0.1) is 11.3 Å². The Bertz CT molecular complexity index is 579. The minimum Gasteiger partial charge on any atom is -0.350 e. The quantitative estimate of drug-likeness (QED) is 0.840. The molecule has 0 radical (unpaired) electrons. The maximum Gasteiger partial charge on any atom is 0.333 e. The average molecular weight is 296 g/mol. The van der Waals surface area contributed by atoms with Crippen LogP contribution in [0.15, 0.2) is 22.2 Å². The highest BCUT2D eigenvalue weighted by Crippen LogP contribution is 2.16. The third-order valence-electron chi connectivity index (χ3n) is 2.32. The highest BCUT2D eigenvalue weighted by atomic mass is 32.1. The minimum absolute atomic E-state index is 0.281. The lowest BCUT2D eigenvalue weighted by Gasteiger charge is -2.13. The van der Waals surface area contributed by atoms with Gasteiger partial charge in [-0.25, -0.2) is 14.8 Å². The summed E-state index contributed by atoms with van der Waals surface area (Å²) >= 11 is 3.03. The number of hydrogen-bond donors (Lipinski definition) is 2. The zero-order valence-electron chi connectivity index (χ0n) is 10.1. The lowest BCUT2D eigenvalue weighted by atomic mass is 10.2. The van der Waals surface area contributed by atoms with Gasteiger partial charge in [-0.3, -0.25) is 10.2 Å². The van der Waals surface area contributed by atoms with Gasteiger partial charge in [0.25, 0.3) is 5.91 Å². The number of urea groups is 1. The molecule has 0 saturated heterocycles. The van der Waals surface area contributed by atoms with Gasteiger partial charge < -0.3 is 5.73 Å². The van der Waals surface area contributed by atoms with Crippen LogP contribution in [-0.2, 0) is 6.42 Å². The van der Waals surface area contributed by atoms with E-state index in [4.69, 9.17) is 5.73 Å². The zero-order valence-corrected chi connectivity index (χ0v) is 11.8. The first-order valence-corrected chi connectivity index (χ1v) is 7.18. The van der Waals surface area contributed by atoms with E-state index in [1.807, 2.05) is 16.8 Å². The van der Waals surface area contributed by atoms with Crippen molar-refractivity contribution in [2.75, 3.05) is 7.05 Å². The van der Waals surface area contributed by atoms with Gasteiger partial charge in [0.1, 0.15) is 5.69 Å². The van der Waals surface area contributed by atoms with E-state index in [0.717, 1.165) is 10.0 Å². The number of hydrogen-bond acceptors (Lipinski definition) is 5. The van der Waals surface area contributed by atoms with Gasteiger partial charge in [0.2, 0.25) is 0 Å². The van der Waals surface area contributed by atoms with Crippen LogP contribution in [-0.4, -0.2) is 29.0 Å². The maximum absolute atomic E-state index is 11.8. The smallest absolute Gasteiger partial charge is 0.333 e. The average Bonchev–Trinajstić information content (AvgIpc) is 3.00. The van der Waals surface area contributed by atoms with Crippen LogP contribution >= 0.6 is 22.7 Å². The summed E-state index contributed by atoms with van der Waals surface area (Å²) in [6.07, 6.45) is 0.701. The second-order valence-electron chi connectivity index (χ2n) is 3.77. The number of thiophene rings is 1. The molecule has 0 unspecified atom stereocenters. The summed E-state index contributed by atoms with van der Waals surface area (Å²) in [5.41, 5.74) is 8.80. The standard InChI is InChI=1S/C11H12N4O2S2/c1-15(11(12)17)14-10(16)8-6-19-9(13-8)4-7-2-3-18-5-7/h2-3,5-6H,4H2,1H3,(H2,12,17)(H,14,16). The fraction of sp³-hybridized carbons (Fsp3) is 0.182. The summed E-state index contributed by atoms with van der Waals surface area (Å²) in [6, 6.07) is 1.29. The molecule has 2 rings (SSSR count). The molecule has 0 aliphatic heterocycles. The highest BCUT2D eigenvalue weighted by molar-refractivity contribution is 7.10. The molecular weight excluding hydrogens is 284 g/mol. The molecule has 19 heavy (non-hydrogen) atoms. The van der Waals surface area contributed by atoms with Crippen molar-refractivity contribution in [1.82, 2.24) is 15.4 Å². The lowest BCUT2D eigenvalue weighted by Crippen LogP contribution is -2.46. The monoisotopic (exact) mass is 296 g/mol. The van der Waals surface area contributed by atoms with E-state index in [1.54, 1.807) is 16.7 Å². The molecule has 0 fully saturated rings. The van der Waals surface area contributed by atoms with E-state index < -0.39 is 11.9 Å². The van der Waals surface area contributed by atoms with Crippen molar-refractivity contribution in [2.45, 2.75) is 6.42 Å². The van der Waals surface area contributed by atoms with Crippen molar-refractivity contribution < 1.29 is 9.59 Å². The first-order chi connectivity index (χ1) is 9.06. The molecule has 8 heteroatoms. The number of amides is 3. The number of nitrogens with one attached hydrogen (secondary N) is 1. The van der Waals surface area contributed by atoms with Crippen LogP contribution < -0.4 is 11.2 Å². The zero-order chi connectivity index (χ0) is 13.8. The van der Waals surface area contributed by atoms with Crippen LogP contribution in [0.1, 0.15) is 21.1 Å². The molecule has 0 aliphatic rings. The van der Waals surface area contributed by atoms with E-state index in [9.17, 15) is 9.59 Å². The Morgan fingerprint density at radius 3 is 2.89 bits per heavy atom. The molecule has 3 amide bonds. The van der Waals surface area contributed by atoms with Crippen molar-refractivity contribution in [2.24, 2.45) is 5.73 Å². The number of nitrogens with two attached hydrogens (primary N) is 1. The van der Waals surface area contributed by atoms with E-state index in [-0.39, 0.29) is 5.69 Å². The van der Waals surface area contributed by atoms with Gasteiger partial charge in [-0.2, -0.15) is 11.3 Å². The van der Waals surface area contributed by atoms with Crippen LogP contribution in [0.4, 0.5) is 4.79 Å². The van der Waals surface area contributed by atoms with E-state index >= 15 is 0 Å². The Morgan fingerprint density at radius 2 is 2.26 bits per heavy atom. The minimum atomic E-state index is -0.734. The van der Waals surface area contributed by atoms with Gasteiger partial charge in [0.05, 0.1) is 5.01 Å². The molecule has 2 aromatic heterocycles. The van der Waals surface area contributed by atoms with Crippen LogP contribution in [0.2, 0.25) is 0 Å². The molecular formula is C11H12N4O2S2. The SMILES string of the molecule is CN(NC(=O)c1csc(Cc2ccsc2)n1)C(N)=O. The summed E-state index contributed by atoms with van der Waals surface area (Å²) < 4.78 is 0. The second-order valence-corrected chi connectivity index (χ2v) is 5.50. The molecule has 6 nitrogen and oxygen atoms in total. The number of thiazole rings is 1. The Balaban J connectivity index is 2.00. The number of hydrazine groups is 1. The van der Waals surface area contributed by atoms with Gasteiger partial charge in [0.15, 0.2) is 0 Å². The molecule has 0 bridgehead atoms. The van der Waals surface area contributed by atoms with Gasteiger partial charge in [-0.1, -0.05) is 0 Å². The van der Waals surface area contributed by atoms with Gasteiger partial charge in [0, 0.05) is 18.8 Å². The summed E-state index contributed by atoms with van der Waals surface area (Å²) in [5.74, 6) is -0.450. The van der Waals surface area contributed by atoms with E-state index in [2.05, 4.69) is 10.4 Å². The van der Waals surface area contributed by atoms with Gasteiger partial charge >= 0.3 is 6.03 Å². The van der Waals surface area contributed by atoms with Crippen LogP contribution in [0.5, 0.6) is 0 Å². The van der Waals surface area contributed by atoms with Crippen LogP contribution in [0.3, 0.4) is 0 Å². The Kier molecular flexibility index (Phi) is 4.13. The summed E-state index contributed by atoms with van der Waals surface area (Å²) in [7, 11) is 1.37. The van der Waals surface area contributed by atoms with Crippen molar-refractivity contribution >= 4 is 34.6 Å². The number of primary amides is 1. The number of carbonyl (C=O) groups is 2. The van der Waals surface area contributed by atoms with Crippen molar-refractivity contribution in [3.8, 4) is 0 Å². The van der Waals surface area contributed by atoms with E-state index in [1.165, 1.54) is 23.9 Å². The van der Waals surface area contributed by atoms with Crippen molar-refractivity contribution in [3.05, 3.63) is 38.5 Å². The number of carbonyl (C=O) groups excluding carboxylic acids is 2. The number of aromatic nitrogens is 1. The van der Waals surface area contributed by atoms with Crippen LogP contribution in [0.25, 0.3) is 0 Å². The van der Waals surface area contributed by atoms with Crippen LogP contribution in [0, 0.1) is 0 Å². The fourth-order valence-corrected chi connectivity index (χ4v) is 2.81. The van der Waals surface area contributed by atoms with E-state index in [0.29, 0.717) is 6.42 Å². The number of rotatable bonds is 3. The summed E-state index contributed by atoms with van der Waals surface area (Å²) in [5, 5.41) is 7.47. The first-order valence-electron chi connectivity index (χ1n) is 5.36. The molecule has 2 heterocycles. The Morgan fingerprint density at radius 1 is 1.47 bits per heavy atom. The molecule has 2 aromatic rings. The predicted octanol–water partition coefficient (Wildman–Crippen LogP) is 1.45. The second kappa shape index (κ2) is 5.81. The third kappa shape index (κ3) is 3.52. The largest absolute Gasteiger partial charge is 0.350 e. The molecule has 100 valence electrons. The topological polar surface area (TPSA) is 88.3 Å². The first kappa shape index (κ1) is 13.5. The summed E-state index contributed by atoms with van der Waals surface area (Å²) in [4.78, 5) is 26.8. The molecule has 0 aliphatic carbocycles. The fourth-order valence-electron chi connectivity index (χ4n) is 1.33. The number of nitrogens with zero attached hydrogens (tertiary/aromatic N) is 2. The molecule has 0 aromatic carbocycles.